The molecule has 1 heterocycles. The second-order valence-electron chi connectivity index (χ2n) is 4.82. The van der Waals surface area contributed by atoms with Crippen LogP contribution >= 0.6 is 27.3 Å². The van der Waals surface area contributed by atoms with Crippen molar-refractivity contribution in [2.75, 3.05) is 13.1 Å². The Kier molecular flexibility index (Phi) is 6.20. The van der Waals surface area contributed by atoms with Crippen molar-refractivity contribution in [3.63, 3.8) is 0 Å². The van der Waals surface area contributed by atoms with Crippen molar-refractivity contribution in [3.05, 3.63) is 56.4 Å². The van der Waals surface area contributed by atoms with E-state index in [0.717, 1.165) is 36.0 Å². The molecule has 0 amide bonds. The van der Waals surface area contributed by atoms with Gasteiger partial charge in [0.15, 0.2) is 0 Å². The van der Waals surface area contributed by atoms with Crippen molar-refractivity contribution >= 4 is 27.3 Å². The molecule has 2 aromatic rings. The van der Waals surface area contributed by atoms with Gasteiger partial charge in [-0.3, -0.25) is 0 Å². The molecule has 20 heavy (non-hydrogen) atoms. The molecule has 0 aliphatic rings. The lowest BCUT2D eigenvalue weighted by Gasteiger charge is -2.18. The quantitative estimate of drug-likeness (QED) is 0.691. The highest BCUT2D eigenvalue weighted by Gasteiger charge is 2.17. The van der Waals surface area contributed by atoms with Crippen LogP contribution in [0.5, 0.6) is 0 Å². The van der Waals surface area contributed by atoms with E-state index in [-0.39, 0.29) is 11.7 Å². The standard InChI is InChI=1S/C16H19BrFNS/c1-2-8-19-11-12(10-16-14(17)7-9-20-16)13-5-3-4-6-15(13)18/h3-7,9,12,19H,2,8,10-11H2,1H3. The molecule has 0 spiro atoms. The van der Waals surface area contributed by atoms with E-state index in [4.69, 9.17) is 0 Å². The fraction of sp³-hybridized carbons (Fsp3) is 0.375. The highest BCUT2D eigenvalue weighted by atomic mass is 79.9. The third-order valence-electron chi connectivity index (χ3n) is 3.29. The van der Waals surface area contributed by atoms with Crippen LogP contribution in [0.15, 0.2) is 40.2 Å². The molecule has 2 rings (SSSR count). The lowest BCUT2D eigenvalue weighted by atomic mass is 9.94. The molecule has 0 saturated carbocycles. The molecule has 0 radical (unpaired) electrons. The first-order valence-electron chi connectivity index (χ1n) is 6.89. The lowest BCUT2D eigenvalue weighted by Crippen LogP contribution is -2.24. The zero-order valence-electron chi connectivity index (χ0n) is 11.5. The van der Waals surface area contributed by atoms with Crippen molar-refractivity contribution in [1.29, 1.82) is 0 Å². The molecule has 4 heteroatoms. The van der Waals surface area contributed by atoms with Gasteiger partial charge >= 0.3 is 0 Å². The Labute approximate surface area is 132 Å². The highest BCUT2D eigenvalue weighted by Crippen LogP contribution is 2.30. The topological polar surface area (TPSA) is 12.0 Å². The summed E-state index contributed by atoms with van der Waals surface area (Å²) in [7, 11) is 0. The van der Waals surface area contributed by atoms with Gasteiger partial charge in [-0.25, -0.2) is 4.39 Å². The summed E-state index contributed by atoms with van der Waals surface area (Å²) < 4.78 is 15.2. The molecule has 0 fully saturated rings. The molecular formula is C16H19BrFNS. The molecule has 0 bridgehead atoms. The molecular weight excluding hydrogens is 337 g/mol. The van der Waals surface area contributed by atoms with Gasteiger partial charge in [-0.2, -0.15) is 0 Å². The van der Waals surface area contributed by atoms with Crippen LogP contribution in [0.2, 0.25) is 0 Å². The van der Waals surface area contributed by atoms with Gasteiger partial charge in [0.05, 0.1) is 0 Å². The molecule has 0 saturated heterocycles. The van der Waals surface area contributed by atoms with Gasteiger partial charge < -0.3 is 5.32 Å². The molecule has 1 N–H and O–H groups in total. The lowest BCUT2D eigenvalue weighted by molar-refractivity contribution is 0.538. The van der Waals surface area contributed by atoms with Gasteiger partial charge in [-0.1, -0.05) is 25.1 Å². The van der Waals surface area contributed by atoms with Crippen LogP contribution < -0.4 is 5.32 Å². The van der Waals surface area contributed by atoms with E-state index in [1.54, 1.807) is 23.5 Å². The van der Waals surface area contributed by atoms with Gasteiger partial charge in [0.1, 0.15) is 5.82 Å². The fourth-order valence-corrected chi connectivity index (χ4v) is 3.84. The Morgan fingerprint density at radius 1 is 1.30 bits per heavy atom. The number of thiophene rings is 1. The molecule has 1 aromatic heterocycles. The van der Waals surface area contributed by atoms with Crippen LogP contribution in [-0.4, -0.2) is 13.1 Å². The Balaban J connectivity index is 2.16. The van der Waals surface area contributed by atoms with Crippen LogP contribution in [-0.2, 0) is 6.42 Å². The van der Waals surface area contributed by atoms with Crippen molar-refractivity contribution in [2.24, 2.45) is 0 Å². The minimum absolute atomic E-state index is 0.108. The maximum Gasteiger partial charge on any atom is 0.126 e. The van der Waals surface area contributed by atoms with Crippen molar-refractivity contribution in [3.8, 4) is 0 Å². The molecule has 0 aliphatic heterocycles. The van der Waals surface area contributed by atoms with Crippen molar-refractivity contribution in [1.82, 2.24) is 5.32 Å². The monoisotopic (exact) mass is 355 g/mol. The summed E-state index contributed by atoms with van der Waals surface area (Å²) in [6.45, 7) is 3.91. The maximum atomic E-state index is 14.0. The summed E-state index contributed by atoms with van der Waals surface area (Å²) in [5.41, 5.74) is 0.802. The summed E-state index contributed by atoms with van der Waals surface area (Å²) in [4.78, 5) is 1.27. The number of hydrogen-bond donors (Lipinski definition) is 1. The summed E-state index contributed by atoms with van der Waals surface area (Å²) >= 11 is 5.28. The second-order valence-corrected chi connectivity index (χ2v) is 6.67. The van der Waals surface area contributed by atoms with E-state index in [2.05, 4.69) is 39.6 Å². The molecule has 1 atom stereocenters. The summed E-state index contributed by atoms with van der Waals surface area (Å²) in [6.07, 6.45) is 1.95. The summed E-state index contributed by atoms with van der Waals surface area (Å²) in [5.74, 6) is 0.0566. The van der Waals surface area contributed by atoms with E-state index in [0.29, 0.717) is 0 Å². The third-order valence-corrected chi connectivity index (χ3v) is 5.23. The van der Waals surface area contributed by atoms with E-state index >= 15 is 0 Å². The number of rotatable bonds is 7. The average molecular weight is 356 g/mol. The number of benzene rings is 1. The van der Waals surface area contributed by atoms with Gasteiger partial charge in [-0.15, -0.1) is 11.3 Å². The van der Waals surface area contributed by atoms with Crippen LogP contribution in [0.1, 0.15) is 29.7 Å². The summed E-state index contributed by atoms with van der Waals surface area (Å²) in [5, 5.41) is 5.48. The smallest absolute Gasteiger partial charge is 0.126 e. The SMILES string of the molecule is CCCNCC(Cc1sccc1Br)c1ccccc1F. The molecule has 108 valence electrons. The minimum Gasteiger partial charge on any atom is -0.316 e. The zero-order chi connectivity index (χ0) is 14.4. The van der Waals surface area contributed by atoms with E-state index < -0.39 is 0 Å². The predicted octanol–water partition coefficient (Wildman–Crippen LogP) is 4.98. The van der Waals surface area contributed by atoms with E-state index in [9.17, 15) is 4.39 Å². The van der Waals surface area contributed by atoms with Crippen LogP contribution in [0, 0.1) is 5.82 Å². The Bertz CT molecular complexity index is 541. The third kappa shape index (κ3) is 4.14. The van der Waals surface area contributed by atoms with Gasteiger partial charge in [-0.05, 0) is 58.4 Å². The van der Waals surface area contributed by atoms with E-state index in [1.807, 2.05) is 12.1 Å². The fourth-order valence-electron chi connectivity index (χ4n) is 2.25. The summed E-state index contributed by atoms with van der Waals surface area (Å²) in [6, 6.07) is 9.16. The number of halogens is 2. The van der Waals surface area contributed by atoms with Crippen molar-refractivity contribution < 1.29 is 4.39 Å². The van der Waals surface area contributed by atoms with Crippen molar-refractivity contribution in [2.45, 2.75) is 25.7 Å². The number of nitrogens with one attached hydrogen (secondary N) is 1. The molecule has 1 unspecified atom stereocenters. The second kappa shape index (κ2) is 7.91. The van der Waals surface area contributed by atoms with E-state index in [1.165, 1.54) is 4.88 Å². The first kappa shape index (κ1) is 15.7. The Morgan fingerprint density at radius 2 is 2.10 bits per heavy atom. The molecule has 1 aromatic carbocycles. The average Bonchev–Trinajstić information content (AvgIpc) is 2.84. The molecule has 1 nitrogen and oxygen atoms in total. The Hall–Kier alpha value is -0.710. The minimum atomic E-state index is -0.108. The van der Waals surface area contributed by atoms with Gasteiger partial charge in [0, 0.05) is 21.8 Å². The van der Waals surface area contributed by atoms with Crippen LogP contribution in [0.4, 0.5) is 4.39 Å². The zero-order valence-corrected chi connectivity index (χ0v) is 13.9. The highest BCUT2D eigenvalue weighted by molar-refractivity contribution is 9.10. The van der Waals surface area contributed by atoms with Crippen LogP contribution in [0.3, 0.4) is 0 Å². The first-order chi connectivity index (χ1) is 9.72. The number of hydrogen-bond acceptors (Lipinski definition) is 2. The maximum absolute atomic E-state index is 14.0. The van der Waals surface area contributed by atoms with Crippen LogP contribution in [0.25, 0.3) is 0 Å². The largest absolute Gasteiger partial charge is 0.316 e. The Morgan fingerprint density at radius 3 is 2.75 bits per heavy atom. The van der Waals surface area contributed by atoms with Gasteiger partial charge in [0.2, 0.25) is 0 Å². The normalized spacial score (nSPS) is 12.6. The predicted molar refractivity (Wildman–Crippen MR) is 88.0 cm³/mol. The van der Waals surface area contributed by atoms with Gasteiger partial charge in [0.25, 0.3) is 0 Å². The first-order valence-corrected chi connectivity index (χ1v) is 8.56. The molecule has 0 aliphatic carbocycles.